The summed E-state index contributed by atoms with van der Waals surface area (Å²) in [5.41, 5.74) is 0.924. The monoisotopic (exact) mass is 281 g/mol. The first-order chi connectivity index (χ1) is 9.09. The van der Waals surface area contributed by atoms with E-state index in [4.69, 9.17) is 22.2 Å². The zero-order valence-corrected chi connectivity index (χ0v) is 11.1. The Morgan fingerprint density at radius 3 is 2.84 bits per heavy atom. The molecule has 2 rings (SSSR count). The van der Waals surface area contributed by atoms with Crippen LogP contribution in [0.3, 0.4) is 0 Å². The molecule has 0 radical (unpaired) electrons. The maximum atomic E-state index is 13.8. The van der Waals surface area contributed by atoms with E-state index in [2.05, 4.69) is 4.98 Å². The zero-order valence-electron chi connectivity index (χ0n) is 10.3. The highest BCUT2D eigenvalue weighted by molar-refractivity contribution is 6.30. The van der Waals surface area contributed by atoms with Crippen molar-refractivity contribution >= 4 is 17.3 Å². The van der Waals surface area contributed by atoms with Gasteiger partial charge in [0.2, 0.25) is 0 Å². The first kappa shape index (κ1) is 13.6. The fourth-order valence-corrected chi connectivity index (χ4v) is 1.82. The fraction of sp³-hybridized carbons (Fsp3) is 0.154. The van der Waals surface area contributed by atoms with Crippen molar-refractivity contribution in [2.45, 2.75) is 6.61 Å². The molecule has 1 aromatic carbocycles. The van der Waals surface area contributed by atoms with Crippen LogP contribution in [-0.2, 0) is 6.61 Å². The molecule has 0 saturated heterocycles. The molecule has 0 fully saturated rings. The van der Waals surface area contributed by atoms with E-state index in [-0.39, 0.29) is 17.6 Å². The van der Waals surface area contributed by atoms with Gasteiger partial charge < -0.3 is 9.75 Å². The Balaban J connectivity index is 2.22. The Morgan fingerprint density at radius 1 is 1.37 bits per heavy atom. The maximum absolute atomic E-state index is 13.8. The van der Waals surface area contributed by atoms with E-state index in [0.29, 0.717) is 17.0 Å². The number of hydrogen-bond donors (Lipinski definition) is 1. The highest BCUT2D eigenvalue weighted by Crippen LogP contribution is 2.25. The van der Waals surface area contributed by atoms with Gasteiger partial charge in [0.05, 0.1) is 5.69 Å². The summed E-state index contributed by atoms with van der Waals surface area (Å²) in [6.07, 6.45) is 1.55. The largest absolute Gasteiger partial charge is 0.485 e. The number of anilines is 1. The maximum Gasteiger partial charge on any atom is 0.171 e. The van der Waals surface area contributed by atoms with Crippen LogP contribution in [0.1, 0.15) is 5.56 Å². The standard InChI is InChI=1S/C13H13ClFN3O/c1-18(16)11-5-2-4-10(15)9(11)8-19-12-6-3-7-17-13(12)14/h2-7H,8,16H2,1H3. The molecule has 2 aromatic rings. The van der Waals surface area contributed by atoms with Gasteiger partial charge in [-0.05, 0) is 24.3 Å². The average molecular weight is 282 g/mol. The molecule has 0 aliphatic rings. The van der Waals surface area contributed by atoms with E-state index >= 15 is 0 Å². The molecule has 100 valence electrons. The lowest BCUT2D eigenvalue weighted by Gasteiger charge is -2.18. The summed E-state index contributed by atoms with van der Waals surface area (Å²) in [7, 11) is 1.63. The number of halogens is 2. The minimum atomic E-state index is -0.380. The van der Waals surface area contributed by atoms with Crippen LogP contribution in [0.2, 0.25) is 5.15 Å². The van der Waals surface area contributed by atoms with E-state index in [1.807, 2.05) is 0 Å². The van der Waals surface area contributed by atoms with Crippen LogP contribution in [0.25, 0.3) is 0 Å². The second kappa shape index (κ2) is 5.86. The average Bonchev–Trinajstić information content (AvgIpc) is 2.38. The quantitative estimate of drug-likeness (QED) is 0.532. The summed E-state index contributed by atoms with van der Waals surface area (Å²) in [4.78, 5) is 3.88. The molecule has 0 bridgehead atoms. The molecule has 1 heterocycles. The Morgan fingerprint density at radius 2 is 2.16 bits per heavy atom. The van der Waals surface area contributed by atoms with Gasteiger partial charge in [0, 0.05) is 18.8 Å². The van der Waals surface area contributed by atoms with Gasteiger partial charge in [-0.15, -0.1) is 0 Å². The Bertz CT molecular complexity index is 578. The van der Waals surface area contributed by atoms with Crippen LogP contribution in [0, 0.1) is 5.82 Å². The van der Waals surface area contributed by atoms with Crippen molar-refractivity contribution in [3.63, 3.8) is 0 Å². The van der Waals surface area contributed by atoms with Crippen LogP contribution in [0.4, 0.5) is 10.1 Å². The summed E-state index contributed by atoms with van der Waals surface area (Å²) in [5, 5.41) is 1.58. The van der Waals surface area contributed by atoms with Crippen molar-refractivity contribution < 1.29 is 9.13 Å². The lowest BCUT2D eigenvalue weighted by Crippen LogP contribution is -2.26. The normalized spacial score (nSPS) is 10.3. The number of rotatable bonds is 4. The van der Waals surface area contributed by atoms with E-state index in [9.17, 15) is 4.39 Å². The first-order valence-corrected chi connectivity index (χ1v) is 5.96. The van der Waals surface area contributed by atoms with E-state index in [0.717, 1.165) is 0 Å². The van der Waals surface area contributed by atoms with Gasteiger partial charge in [-0.25, -0.2) is 15.2 Å². The highest BCUT2D eigenvalue weighted by atomic mass is 35.5. The third kappa shape index (κ3) is 3.13. The number of aromatic nitrogens is 1. The summed E-state index contributed by atoms with van der Waals surface area (Å²) in [5.74, 6) is 5.68. The minimum absolute atomic E-state index is 0.0228. The van der Waals surface area contributed by atoms with Crippen molar-refractivity contribution in [2.24, 2.45) is 5.84 Å². The number of ether oxygens (including phenoxy) is 1. The molecule has 0 spiro atoms. The van der Waals surface area contributed by atoms with Gasteiger partial charge in [0.25, 0.3) is 0 Å². The molecule has 0 amide bonds. The highest BCUT2D eigenvalue weighted by Gasteiger charge is 2.12. The molecule has 2 N–H and O–H groups in total. The summed E-state index contributed by atoms with van der Waals surface area (Å²) < 4.78 is 19.3. The second-order valence-electron chi connectivity index (χ2n) is 3.93. The summed E-state index contributed by atoms with van der Waals surface area (Å²) in [6.45, 7) is 0.0228. The summed E-state index contributed by atoms with van der Waals surface area (Å²) in [6, 6.07) is 8.03. The van der Waals surface area contributed by atoms with Crippen LogP contribution in [0.5, 0.6) is 5.75 Å². The number of hydrazine groups is 1. The third-order valence-electron chi connectivity index (χ3n) is 2.57. The molecule has 6 heteroatoms. The molecule has 19 heavy (non-hydrogen) atoms. The molecule has 0 aliphatic carbocycles. The van der Waals surface area contributed by atoms with Crippen LogP contribution in [0.15, 0.2) is 36.5 Å². The van der Waals surface area contributed by atoms with E-state index in [1.54, 1.807) is 37.5 Å². The van der Waals surface area contributed by atoms with Crippen molar-refractivity contribution in [1.29, 1.82) is 0 Å². The van der Waals surface area contributed by atoms with Crippen molar-refractivity contribution in [2.75, 3.05) is 12.1 Å². The predicted molar refractivity (Wildman–Crippen MR) is 72.6 cm³/mol. The Labute approximate surface area is 115 Å². The lowest BCUT2D eigenvalue weighted by molar-refractivity contribution is 0.299. The zero-order chi connectivity index (χ0) is 13.8. The Kier molecular flexibility index (Phi) is 4.19. The third-order valence-corrected chi connectivity index (χ3v) is 2.85. The second-order valence-corrected chi connectivity index (χ2v) is 4.29. The van der Waals surface area contributed by atoms with Gasteiger partial charge >= 0.3 is 0 Å². The van der Waals surface area contributed by atoms with Crippen LogP contribution >= 0.6 is 11.6 Å². The molecule has 4 nitrogen and oxygen atoms in total. The van der Waals surface area contributed by atoms with Gasteiger partial charge in [-0.3, -0.25) is 0 Å². The molecule has 0 unspecified atom stereocenters. The minimum Gasteiger partial charge on any atom is -0.485 e. The number of hydrogen-bond acceptors (Lipinski definition) is 4. The lowest BCUT2D eigenvalue weighted by atomic mass is 10.1. The van der Waals surface area contributed by atoms with Gasteiger partial charge in [0.1, 0.15) is 12.4 Å². The smallest absolute Gasteiger partial charge is 0.171 e. The van der Waals surface area contributed by atoms with Gasteiger partial charge in [-0.1, -0.05) is 17.7 Å². The van der Waals surface area contributed by atoms with Crippen molar-refractivity contribution in [1.82, 2.24) is 4.98 Å². The van der Waals surface area contributed by atoms with Crippen molar-refractivity contribution in [3.8, 4) is 5.75 Å². The van der Waals surface area contributed by atoms with Gasteiger partial charge in [0.15, 0.2) is 10.9 Å². The van der Waals surface area contributed by atoms with Crippen LogP contribution in [-0.4, -0.2) is 12.0 Å². The predicted octanol–water partition coefficient (Wildman–Crippen LogP) is 2.76. The number of nitrogens with zero attached hydrogens (tertiary/aromatic N) is 2. The van der Waals surface area contributed by atoms with E-state index in [1.165, 1.54) is 11.1 Å². The fourth-order valence-electron chi connectivity index (χ4n) is 1.65. The SMILES string of the molecule is CN(N)c1cccc(F)c1COc1cccnc1Cl. The first-order valence-electron chi connectivity index (χ1n) is 5.58. The molecular weight excluding hydrogens is 269 g/mol. The number of pyridine rings is 1. The molecule has 0 saturated carbocycles. The van der Waals surface area contributed by atoms with Crippen LogP contribution < -0.4 is 15.6 Å². The Hall–Kier alpha value is -1.85. The van der Waals surface area contributed by atoms with Gasteiger partial charge in [-0.2, -0.15) is 0 Å². The number of nitrogens with two attached hydrogens (primary N) is 1. The number of benzene rings is 1. The topological polar surface area (TPSA) is 51.4 Å². The molecule has 1 aromatic heterocycles. The van der Waals surface area contributed by atoms with E-state index < -0.39 is 0 Å². The van der Waals surface area contributed by atoms with Crippen molar-refractivity contribution in [3.05, 3.63) is 53.1 Å². The molecular formula is C13H13ClFN3O. The molecule has 0 atom stereocenters. The molecule has 0 aliphatic heterocycles. The summed E-state index contributed by atoms with van der Waals surface area (Å²) >= 11 is 5.87.